The Labute approximate surface area is 295 Å². The summed E-state index contributed by atoms with van der Waals surface area (Å²) in [5, 5.41) is 25.5. The summed E-state index contributed by atoms with van der Waals surface area (Å²) < 4.78 is 22.1. The molecule has 15 heteroatoms. The van der Waals surface area contributed by atoms with Crippen LogP contribution in [0.4, 0.5) is 5.69 Å². The van der Waals surface area contributed by atoms with E-state index in [1.807, 2.05) is 42.5 Å². The molecule has 3 atom stereocenters. The number of phenols is 2. The van der Waals surface area contributed by atoms with Gasteiger partial charge in [0.1, 0.15) is 11.9 Å². The van der Waals surface area contributed by atoms with Crippen LogP contribution in [0.25, 0.3) is 0 Å². The minimum atomic E-state index is -0.510. The molecule has 50 heavy (non-hydrogen) atoms. The Morgan fingerprint density at radius 2 is 1.58 bits per heavy atom. The Hall–Kier alpha value is -4.44. The fraction of sp³-hybridized carbons (Fsp3) is 0.400. The summed E-state index contributed by atoms with van der Waals surface area (Å²) in [5.74, 6) is -0.769. The number of ether oxygens (including phenoxy) is 4. The van der Waals surface area contributed by atoms with Crippen molar-refractivity contribution in [3.8, 4) is 17.2 Å². The minimum absolute atomic E-state index is 0.0107. The molecule has 0 spiro atoms. The average molecular weight is 711 g/mol. The lowest BCUT2D eigenvalue weighted by Crippen LogP contribution is -2.48. The molecule has 6 N–H and O–H groups in total. The van der Waals surface area contributed by atoms with Crippen molar-refractivity contribution in [1.29, 1.82) is 0 Å². The van der Waals surface area contributed by atoms with Crippen molar-refractivity contribution >= 4 is 34.8 Å². The number of hydrogen-bond donors (Lipinski definition) is 6. The van der Waals surface area contributed by atoms with Crippen LogP contribution in [0.3, 0.4) is 0 Å². The van der Waals surface area contributed by atoms with Crippen molar-refractivity contribution in [2.24, 2.45) is 4.99 Å². The normalized spacial score (nSPS) is 18.1. The molecule has 2 aliphatic heterocycles. The molecule has 2 aliphatic rings. The Morgan fingerprint density at radius 1 is 0.900 bits per heavy atom. The van der Waals surface area contributed by atoms with Crippen LogP contribution in [0.15, 0.2) is 65.7 Å². The predicted octanol–water partition coefficient (Wildman–Crippen LogP) is 2.55. The summed E-state index contributed by atoms with van der Waals surface area (Å²) in [6.45, 7) is 4.57. The molecule has 0 aromatic heterocycles. The molecule has 3 aromatic carbocycles. The SMILES string of the molecule is COc1ccc2c(c1)C(c1ccc(Cl)cc1)=NC(CC(=O)NCCOCCOCCOCCNC(=O)c1cccc(O)c1O)C1NNC(C)N21. The standard InChI is InChI=1S/C35H43ClN6O8/c1-22-40-41-34-28(39-32(23-6-8-24(36)9-7-23)27-20-25(47-2)10-11-29(27)42(22)34)21-31(44)37-12-14-48-16-18-50-19-17-49-15-13-38-35(46)26-4-3-5-30(43)33(26)45/h3-11,20,22,28,34,40-41,43,45H,12-19,21H2,1-2H3,(H,37,44)(H,38,46). The van der Waals surface area contributed by atoms with Crippen LogP contribution < -0.4 is 31.1 Å². The van der Waals surface area contributed by atoms with Gasteiger partial charge in [-0.15, -0.1) is 0 Å². The van der Waals surface area contributed by atoms with Crippen LogP contribution in [-0.2, 0) is 19.0 Å². The second-order valence-corrected chi connectivity index (χ2v) is 12.0. The van der Waals surface area contributed by atoms with Gasteiger partial charge in [-0.2, -0.15) is 0 Å². The number of aromatic hydroxyl groups is 2. The van der Waals surface area contributed by atoms with Crippen molar-refractivity contribution in [2.45, 2.75) is 31.7 Å². The van der Waals surface area contributed by atoms with Gasteiger partial charge in [0.25, 0.3) is 5.91 Å². The van der Waals surface area contributed by atoms with E-state index < -0.39 is 17.7 Å². The van der Waals surface area contributed by atoms with Crippen LogP contribution >= 0.6 is 11.6 Å². The van der Waals surface area contributed by atoms with Crippen molar-refractivity contribution < 1.29 is 38.7 Å². The van der Waals surface area contributed by atoms with Gasteiger partial charge in [0, 0.05) is 34.9 Å². The minimum Gasteiger partial charge on any atom is -0.504 e. The van der Waals surface area contributed by atoms with Crippen molar-refractivity contribution in [3.05, 3.63) is 82.4 Å². The van der Waals surface area contributed by atoms with Crippen LogP contribution in [-0.4, -0.2) is 106 Å². The Balaban J connectivity index is 1.02. The number of rotatable bonds is 17. The van der Waals surface area contributed by atoms with Crippen molar-refractivity contribution in [3.63, 3.8) is 0 Å². The van der Waals surface area contributed by atoms with Crippen molar-refractivity contribution in [1.82, 2.24) is 21.5 Å². The number of hydrazine groups is 1. The highest BCUT2D eigenvalue weighted by Crippen LogP contribution is 2.36. The van der Waals surface area contributed by atoms with Crippen LogP contribution in [0, 0.1) is 0 Å². The zero-order valence-electron chi connectivity index (χ0n) is 28.0. The molecule has 1 saturated heterocycles. The first kappa shape index (κ1) is 36.8. The van der Waals surface area contributed by atoms with E-state index in [1.54, 1.807) is 7.11 Å². The highest BCUT2D eigenvalue weighted by molar-refractivity contribution is 6.30. The van der Waals surface area contributed by atoms with Crippen LogP contribution in [0.1, 0.15) is 34.8 Å². The first-order valence-corrected chi connectivity index (χ1v) is 16.7. The molecule has 3 aromatic rings. The van der Waals surface area contributed by atoms with Gasteiger partial charge in [-0.1, -0.05) is 29.8 Å². The third kappa shape index (κ3) is 9.41. The number of carbonyl (C=O) groups excluding carboxylic acids is 2. The number of benzene rings is 3. The maximum atomic E-state index is 13.2. The van der Waals surface area contributed by atoms with Gasteiger partial charge in [-0.3, -0.25) is 14.6 Å². The number of anilines is 1. The number of carbonyl (C=O) groups is 2. The smallest absolute Gasteiger partial charge is 0.255 e. The number of fused-ring (bicyclic) bond motifs is 3. The molecule has 2 amide bonds. The summed E-state index contributed by atoms with van der Waals surface area (Å²) in [5.41, 5.74) is 10.1. The van der Waals surface area contributed by atoms with E-state index in [2.05, 4.69) is 33.3 Å². The molecule has 14 nitrogen and oxygen atoms in total. The van der Waals surface area contributed by atoms with Crippen LogP contribution in [0.2, 0.25) is 5.02 Å². The van der Waals surface area contributed by atoms with E-state index in [-0.39, 0.29) is 49.1 Å². The monoisotopic (exact) mass is 710 g/mol. The zero-order chi connectivity index (χ0) is 35.5. The summed E-state index contributed by atoms with van der Waals surface area (Å²) >= 11 is 6.20. The Bertz CT molecular complexity index is 1640. The predicted molar refractivity (Wildman–Crippen MR) is 188 cm³/mol. The molecule has 268 valence electrons. The quantitative estimate of drug-likeness (QED) is 0.0898. The lowest BCUT2D eigenvalue weighted by molar-refractivity contribution is -0.121. The highest BCUT2D eigenvalue weighted by atomic mass is 35.5. The maximum absolute atomic E-state index is 13.2. The summed E-state index contributed by atoms with van der Waals surface area (Å²) in [6.07, 6.45) is -0.181. The lowest BCUT2D eigenvalue weighted by Gasteiger charge is -2.31. The molecule has 1 fully saturated rings. The molecule has 3 unspecified atom stereocenters. The van der Waals surface area contributed by atoms with Gasteiger partial charge >= 0.3 is 0 Å². The van der Waals surface area contributed by atoms with E-state index in [0.29, 0.717) is 50.4 Å². The fourth-order valence-corrected chi connectivity index (χ4v) is 5.82. The van der Waals surface area contributed by atoms with Gasteiger partial charge in [-0.05, 0) is 49.4 Å². The molecule has 2 heterocycles. The third-order valence-electron chi connectivity index (χ3n) is 8.17. The maximum Gasteiger partial charge on any atom is 0.255 e. The largest absolute Gasteiger partial charge is 0.504 e. The number of hydrogen-bond acceptors (Lipinski definition) is 12. The molecule has 0 radical (unpaired) electrons. The van der Waals surface area contributed by atoms with Gasteiger partial charge in [0.05, 0.1) is 76.7 Å². The first-order chi connectivity index (χ1) is 24.3. The first-order valence-electron chi connectivity index (χ1n) is 16.4. The average Bonchev–Trinajstić information content (AvgIpc) is 3.44. The lowest BCUT2D eigenvalue weighted by atomic mass is 9.99. The zero-order valence-corrected chi connectivity index (χ0v) is 28.7. The van der Waals surface area contributed by atoms with Gasteiger partial charge < -0.3 is 44.7 Å². The molecular formula is C35H43ClN6O8. The molecule has 5 rings (SSSR count). The highest BCUT2D eigenvalue weighted by Gasteiger charge is 2.40. The van der Waals surface area contributed by atoms with Gasteiger partial charge in [0.2, 0.25) is 5.91 Å². The molecule has 0 bridgehead atoms. The number of phenolic OH excluding ortho intramolecular Hbond substituents is 2. The fourth-order valence-electron chi connectivity index (χ4n) is 5.70. The summed E-state index contributed by atoms with van der Waals surface area (Å²) in [7, 11) is 1.63. The number of halogens is 1. The summed E-state index contributed by atoms with van der Waals surface area (Å²) in [4.78, 5) is 32.6. The van der Waals surface area contributed by atoms with E-state index in [1.165, 1.54) is 18.2 Å². The summed E-state index contributed by atoms with van der Waals surface area (Å²) in [6, 6.07) is 17.2. The molecule has 0 aliphatic carbocycles. The van der Waals surface area contributed by atoms with Gasteiger partial charge in [-0.25, -0.2) is 10.9 Å². The Morgan fingerprint density at radius 3 is 2.28 bits per heavy atom. The molecule has 0 saturated carbocycles. The number of nitrogens with zero attached hydrogens (tertiary/aromatic N) is 2. The molecular weight excluding hydrogens is 668 g/mol. The van der Waals surface area contributed by atoms with Crippen LogP contribution in [0.5, 0.6) is 17.2 Å². The van der Waals surface area contributed by atoms with E-state index in [4.69, 9.17) is 35.5 Å². The number of aliphatic imine (C=N–C) groups is 1. The number of para-hydroxylation sites is 1. The van der Waals surface area contributed by atoms with E-state index in [9.17, 15) is 19.8 Å². The third-order valence-corrected chi connectivity index (χ3v) is 8.42. The van der Waals surface area contributed by atoms with E-state index in [0.717, 1.165) is 22.5 Å². The second kappa shape index (κ2) is 18.0. The number of nitrogens with one attached hydrogen (secondary N) is 4. The second-order valence-electron chi connectivity index (χ2n) is 11.6. The number of methoxy groups -OCH3 is 1. The van der Waals surface area contributed by atoms with Gasteiger partial charge in [0.15, 0.2) is 11.5 Å². The van der Waals surface area contributed by atoms with E-state index >= 15 is 0 Å². The van der Waals surface area contributed by atoms with Crippen molar-refractivity contribution in [2.75, 3.05) is 64.7 Å². The Kier molecular flexibility index (Phi) is 13.3. The topological polar surface area (TPSA) is 175 Å². The number of amides is 2.